The lowest BCUT2D eigenvalue weighted by Crippen LogP contribution is -2.31. The second kappa shape index (κ2) is 8.45. The van der Waals surface area contributed by atoms with E-state index in [0.29, 0.717) is 12.5 Å². The van der Waals surface area contributed by atoms with Crippen molar-refractivity contribution in [2.45, 2.75) is 33.2 Å². The van der Waals surface area contributed by atoms with Gasteiger partial charge in [-0.3, -0.25) is 0 Å². The molecule has 0 aliphatic carbocycles. The first-order valence-electron chi connectivity index (χ1n) is 9.42. The molecule has 26 heavy (non-hydrogen) atoms. The van der Waals surface area contributed by atoms with Gasteiger partial charge in [0.1, 0.15) is 5.75 Å². The molecule has 1 aliphatic rings. The molecule has 1 N–H and O–H groups in total. The molecular formula is C22H29NO3. The second-order valence-corrected chi connectivity index (χ2v) is 7.01. The summed E-state index contributed by atoms with van der Waals surface area (Å²) in [4.78, 5) is 0. The third kappa shape index (κ3) is 3.96. The van der Waals surface area contributed by atoms with Gasteiger partial charge in [-0.25, -0.2) is 0 Å². The lowest BCUT2D eigenvalue weighted by molar-refractivity contribution is 0.270. The van der Waals surface area contributed by atoms with E-state index in [0.717, 1.165) is 36.8 Å². The molecule has 1 heterocycles. The molecule has 0 fully saturated rings. The smallest absolute Gasteiger partial charge is 0.164 e. The molecule has 1 unspecified atom stereocenters. The maximum Gasteiger partial charge on any atom is 0.164 e. The third-order valence-electron chi connectivity index (χ3n) is 4.58. The van der Waals surface area contributed by atoms with Gasteiger partial charge in [0.15, 0.2) is 11.5 Å². The molecule has 1 aliphatic heterocycles. The summed E-state index contributed by atoms with van der Waals surface area (Å²) in [6.45, 7) is 8.58. The molecule has 0 bridgehead atoms. The Morgan fingerprint density at radius 3 is 2.73 bits per heavy atom. The summed E-state index contributed by atoms with van der Waals surface area (Å²) in [7, 11) is 1.69. The molecule has 2 aromatic rings. The Morgan fingerprint density at radius 1 is 1.15 bits per heavy atom. The SMILES string of the molecule is CCOc1c(OC)ccc2c1CCNC2c1cccc(OCC(C)C)c1. The van der Waals surface area contributed by atoms with Crippen LogP contribution in [0.15, 0.2) is 36.4 Å². The minimum atomic E-state index is 0.131. The largest absolute Gasteiger partial charge is 0.493 e. The van der Waals surface area contributed by atoms with Crippen molar-refractivity contribution >= 4 is 0 Å². The molecule has 1 atom stereocenters. The summed E-state index contributed by atoms with van der Waals surface area (Å²) in [5.41, 5.74) is 3.70. The van der Waals surface area contributed by atoms with E-state index in [1.807, 2.05) is 19.1 Å². The van der Waals surface area contributed by atoms with Crippen LogP contribution in [0.1, 0.15) is 43.5 Å². The van der Waals surface area contributed by atoms with Crippen molar-refractivity contribution in [3.8, 4) is 17.2 Å². The van der Waals surface area contributed by atoms with Crippen LogP contribution in [0.3, 0.4) is 0 Å². The van der Waals surface area contributed by atoms with Gasteiger partial charge in [0.05, 0.1) is 26.4 Å². The number of fused-ring (bicyclic) bond motifs is 1. The van der Waals surface area contributed by atoms with Crippen LogP contribution in [-0.4, -0.2) is 26.9 Å². The highest BCUT2D eigenvalue weighted by Crippen LogP contribution is 2.40. The van der Waals surface area contributed by atoms with Gasteiger partial charge in [0.25, 0.3) is 0 Å². The van der Waals surface area contributed by atoms with Crippen LogP contribution in [0, 0.1) is 5.92 Å². The Balaban J connectivity index is 1.95. The molecule has 2 aromatic carbocycles. The highest BCUT2D eigenvalue weighted by molar-refractivity contribution is 5.55. The molecule has 3 rings (SSSR count). The highest BCUT2D eigenvalue weighted by Gasteiger charge is 2.26. The Labute approximate surface area is 156 Å². The van der Waals surface area contributed by atoms with E-state index in [2.05, 4.69) is 43.4 Å². The summed E-state index contributed by atoms with van der Waals surface area (Å²) in [5.74, 6) is 3.11. The predicted octanol–water partition coefficient (Wildman–Crippen LogP) is 4.36. The number of benzene rings is 2. The fourth-order valence-corrected chi connectivity index (χ4v) is 3.41. The summed E-state index contributed by atoms with van der Waals surface area (Å²) < 4.78 is 17.3. The lowest BCUT2D eigenvalue weighted by atomic mass is 9.89. The van der Waals surface area contributed by atoms with Crippen LogP contribution < -0.4 is 19.5 Å². The zero-order valence-electron chi connectivity index (χ0n) is 16.2. The van der Waals surface area contributed by atoms with Crippen molar-refractivity contribution in [3.05, 3.63) is 53.1 Å². The van der Waals surface area contributed by atoms with Crippen molar-refractivity contribution in [1.82, 2.24) is 5.32 Å². The van der Waals surface area contributed by atoms with Gasteiger partial charge in [-0.05, 0) is 48.6 Å². The van der Waals surface area contributed by atoms with E-state index >= 15 is 0 Å². The Hall–Kier alpha value is -2.20. The van der Waals surface area contributed by atoms with E-state index in [1.165, 1.54) is 16.7 Å². The molecule has 0 saturated heterocycles. The predicted molar refractivity (Wildman–Crippen MR) is 104 cm³/mol. The molecule has 4 heteroatoms. The standard InChI is InChI=1S/C22H29NO3/c1-5-25-22-19-11-12-23-21(18(19)9-10-20(22)24-4)16-7-6-8-17(13-16)26-14-15(2)3/h6-10,13,15,21,23H,5,11-12,14H2,1-4H3. The number of nitrogens with one attached hydrogen (secondary N) is 1. The zero-order valence-corrected chi connectivity index (χ0v) is 16.2. The summed E-state index contributed by atoms with van der Waals surface area (Å²) in [6.07, 6.45) is 0.932. The number of ether oxygens (including phenoxy) is 3. The third-order valence-corrected chi connectivity index (χ3v) is 4.58. The van der Waals surface area contributed by atoms with Gasteiger partial charge < -0.3 is 19.5 Å². The van der Waals surface area contributed by atoms with E-state index in [9.17, 15) is 0 Å². The fraction of sp³-hybridized carbons (Fsp3) is 0.455. The maximum atomic E-state index is 5.92. The van der Waals surface area contributed by atoms with E-state index in [4.69, 9.17) is 14.2 Å². The number of hydrogen-bond donors (Lipinski definition) is 1. The normalized spacial score (nSPS) is 16.3. The van der Waals surface area contributed by atoms with Crippen molar-refractivity contribution in [2.75, 3.05) is 26.9 Å². The van der Waals surface area contributed by atoms with Crippen LogP contribution in [-0.2, 0) is 6.42 Å². The van der Waals surface area contributed by atoms with Crippen LogP contribution in [0.2, 0.25) is 0 Å². The van der Waals surface area contributed by atoms with Gasteiger partial charge in [0.2, 0.25) is 0 Å². The van der Waals surface area contributed by atoms with Gasteiger partial charge in [-0.1, -0.05) is 32.0 Å². The van der Waals surface area contributed by atoms with Crippen LogP contribution in [0.4, 0.5) is 0 Å². The molecule has 0 radical (unpaired) electrons. The zero-order chi connectivity index (χ0) is 18.5. The van der Waals surface area contributed by atoms with Gasteiger partial charge in [-0.2, -0.15) is 0 Å². The first-order valence-corrected chi connectivity index (χ1v) is 9.42. The fourth-order valence-electron chi connectivity index (χ4n) is 3.41. The quantitative estimate of drug-likeness (QED) is 0.801. The van der Waals surface area contributed by atoms with E-state index in [-0.39, 0.29) is 6.04 Å². The van der Waals surface area contributed by atoms with Crippen molar-refractivity contribution in [1.29, 1.82) is 0 Å². The highest BCUT2D eigenvalue weighted by atomic mass is 16.5. The topological polar surface area (TPSA) is 39.7 Å². The Bertz CT molecular complexity index is 742. The summed E-state index contributed by atoms with van der Waals surface area (Å²) in [6, 6.07) is 12.7. The van der Waals surface area contributed by atoms with Crippen molar-refractivity contribution in [3.63, 3.8) is 0 Å². The van der Waals surface area contributed by atoms with Crippen LogP contribution in [0.5, 0.6) is 17.2 Å². The second-order valence-electron chi connectivity index (χ2n) is 7.01. The van der Waals surface area contributed by atoms with Gasteiger partial charge >= 0.3 is 0 Å². The Kier molecular flexibility index (Phi) is 6.04. The van der Waals surface area contributed by atoms with E-state index in [1.54, 1.807) is 7.11 Å². The summed E-state index contributed by atoms with van der Waals surface area (Å²) in [5, 5.41) is 3.64. The van der Waals surface area contributed by atoms with Crippen LogP contribution >= 0.6 is 0 Å². The molecule has 0 saturated carbocycles. The summed E-state index contributed by atoms with van der Waals surface area (Å²) >= 11 is 0. The minimum absolute atomic E-state index is 0.131. The molecule has 0 spiro atoms. The Morgan fingerprint density at radius 2 is 2.00 bits per heavy atom. The van der Waals surface area contributed by atoms with E-state index < -0.39 is 0 Å². The van der Waals surface area contributed by atoms with Crippen molar-refractivity contribution in [2.24, 2.45) is 5.92 Å². The first-order chi connectivity index (χ1) is 12.6. The minimum Gasteiger partial charge on any atom is -0.493 e. The monoisotopic (exact) mass is 355 g/mol. The van der Waals surface area contributed by atoms with Crippen LogP contribution in [0.25, 0.3) is 0 Å². The maximum absolute atomic E-state index is 5.92. The molecule has 4 nitrogen and oxygen atoms in total. The van der Waals surface area contributed by atoms with Gasteiger partial charge in [-0.15, -0.1) is 0 Å². The average molecular weight is 355 g/mol. The number of hydrogen-bond acceptors (Lipinski definition) is 4. The molecular weight excluding hydrogens is 326 g/mol. The average Bonchev–Trinajstić information content (AvgIpc) is 2.66. The molecule has 140 valence electrons. The molecule has 0 aromatic heterocycles. The lowest BCUT2D eigenvalue weighted by Gasteiger charge is -2.29. The van der Waals surface area contributed by atoms with Gasteiger partial charge in [0, 0.05) is 12.1 Å². The van der Waals surface area contributed by atoms with Crippen molar-refractivity contribution < 1.29 is 14.2 Å². The number of methoxy groups -OCH3 is 1. The first kappa shape index (κ1) is 18.6. The number of rotatable bonds is 7. The molecule has 0 amide bonds.